The van der Waals surface area contributed by atoms with Crippen molar-refractivity contribution in [1.82, 2.24) is 10.2 Å². The standard InChI is InChI=1S/C12H21IN2O/c1-3-8-15(4-2)9-7-14-10-11-5-6-12(13)16-11/h5-6,14H,3-4,7-10H2,1-2H3. The summed E-state index contributed by atoms with van der Waals surface area (Å²) in [4.78, 5) is 2.46. The monoisotopic (exact) mass is 336 g/mol. The number of likely N-dealkylation sites (N-methyl/N-ethyl adjacent to an activating group) is 1. The maximum absolute atomic E-state index is 5.47. The summed E-state index contributed by atoms with van der Waals surface area (Å²) in [5.74, 6) is 1.02. The zero-order valence-corrected chi connectivity index (χ0v) is 12.3. The lowest BCUT2D eigenvalue weighted by Crippen LogP contribution is -2.32. The fraction of sp³-hybridized carbons (Fsp3) is 0.667. The summed E-state index contributed by atoms with van der Waals surface area (Å²) in [6.45, 7) is 9.72. The molecule has 0 saturated carbocycles. The van der Waals surface area contributed by atoms with E-state index in [2.05, 4.69) is 46.7 Å². The van der Waals surface area contributed by atoms with Crippen molar-refractivity contribution in [2.24, 2.45) is 0 Å². The van der Waals surface area contributed by atoms with E-state index in [0.717, 1.165) is 35.7 Å². The van der Waals surface area contributed by atoms with E-state index < -0.39 is 0 Å². The van der Waals surface area contributed by atoms with Crippen molar-refractivity contribution in [3.63, 3.8) is 0 Å². The molecule has 0 saturated heterocycles. The van der Waals surface area contributed by atoms with Crippen LogP contribution in [-0.2, 0) is 6.54 Å². The molecule has 0 atom stereocenters. The Morgan fingerprint density at radius 1 is 1.31 bits per heavy atom. The maximum atomic E-state index is 5.47. The number of halogens is 1. The lowest BCUT2D eigenvalue weighted by Gasteiger charge is -2.19. The van der Waals surface area contributed by atoms with Gasteiger partial charge in [-0.2, -0.15) is 0 Å². The molecule has 0 radical (unpaired) electrons. The fourth-order valence-electron chi connectivity index (χ4n) is 1.64. The number of hydrogen-bond donors (Lipinski definition) is 1. The number of hydrogen-bond acceptors (Lipinski definition) is 3. The van der Waals surface area contributed by atoms with E-state index in [1.165, 1.54) is 13.0 Å². The lowest BCUT2D eigenvalue weighted by molar-refractivity contribution is 0.286. The van der Waals surface area contributed by atoms with Crippen LogP contribution in [0.25, 0.3) is 0 Å². The highest BCUT2D eigenvalue weighted by molar-refractivity contribution is 14.1. The molecular formula is C12H21IN2O. The first-order valence-corrected chi connectivity index (χ1v) is 7.01. The molecule has 0 bridgehead atoms. The second-order valence-corrected chi connectivity index (χ2v) is 4.88. The van der Waals surface area contributed by atoms with Crippen LogP contribution in [0.3, 0.4) is 0 Å². The molecule has 92 valence electrons. The van der Waals surface area contributed by atoms with Gasteiger partial charge in [0, 0.05) is 13.1 Å². The van der Waals surface area contributed by atoms with Crippen LogP contribution >= 0.6 is 22.6 Å². The Morgan fingerprint density at radius 2 is 2.12 bits per heavy atom. The zero-order chi connectivity index (χ0) is 11.8. The molecule has 1 rings (SSSR count). The van der Waals surface area contributed by atoms with Crippen LogP contribution in [0.2, 0.25) is 0 Å². The predicted octanol–water partition coefficient (Wildman–Crippen LogP) is 2.71. The van der Waals surface area contributed by atoms with Crippen LogP contribution in [0.15, 0.2) is 16.5 Å². The first-order valence-electron chi connectivity index (χ1n) is 5.93. The fourth-order valence-corrected chi connectivity index (χ4v) is 2.10. The molecule has 1 aromatic rings. The van der Waals surface area contributed by atoms with E-state index in [9.17, 15) is 0 Å². The van der Waals surface area contributed by atoms with Crippen molar-refractivity contribution in [1.29, 1.82) is 0 Å². The van der Waals surface area contributed by atoms with Gasteiger partial charge in [0.05, 0.1) is 6.54 Å². The highest BCUT2D eigenvalue weighted by Gasteiger charge is 2.01. The Kier molecular flexibility index (Phi) is 7.07. The Balaban J connectivity index is 2.11. The van der Waals surface area contributed by atoms with Crippen LogP contribution in [0.4, 0.5) is 0 Å². The van der Waals surface area contributed by atoms with Crippen molar-refractivity contribution in [2.75, 3.05) is 26.2 Å². The summed E-state index contributed by atoms with van der Waals surface area (Å²) in [6.07, 6.45) is 1.23. The molecule has 0 aliphatic rings. The van der Waals surface area contributed by atoms with E-state index in [4.69, 9.17) is 4.42 Å². The third-order valence-electron chi connectivity index (χ3n) is 2.52. The topological polar surface area (TPSA) is 28.4 Å². The molecule has 1 heterocycles. The number of furan rings is 1. The third-order valence-corrected chi connectivity index (χ3v) is 3.10. The van der Waals surface area contributed by atoms with Gasteiger partial charge in [0.2, 0.25) is 0 Å². The van der Waals surface area contributed by atoms with Crippen LogP contribution in [0.5, 0.6) is 0 Å². The van der Waals surface area contributed by atoms with E-state index in [1.54, 1.807) is 0 Å². The van der Waals surface area contributed by atoms with Gasteiger partial charge in [-0.3, -0.25) is 0 Å². The molecule has 0 aliphatic carbocycles. The zero-order valence-electron chi connectivity index (χ0n) is 10.1. The lowest BCUT2D eigenvalue weighted by atomic mass is 10.4. The number of nitrogens with one attached hydrogen (secondary N) is 1. The van der Waals surface area contributed by atoms with E-state index in [1.807, 2.05) is 12.1 Å². The van der Waals surface area contributed by atoms with Gasteiger partial charge in [0.1, 0.15) is 5.76 Å². The largest absolute Gasteiger partial charge is 0.454 e. The molecule has 0 amide bonds. The summed E-state index contributed by atoms with van der Waals surface area (Å²) in [5.41, 5.74) is 0. The van der Waals surface area contributed by atoms with Gasteiger partial charge in [-0.15, -0.1) is 0 Å². The normalized spacial score (nSPS) is 11.2. The van der Waals surface area contributed by atoms with Crippen LogP contribution in [0.1, 0.15) is 26.0 Å². The van der Waals surface area contributed by atoms with Gasteiger partial charge in [0.25, 0.3) is 0 Å². The summed E-state index contributed by atoms with van der Waals surface area (Å²) in [5, 5.41) is 3.40. The molecule has 0 aliphatic heterocycles. The number of rotatable bonds is 8. The Hall–Kier alpha value is -0.0700. The van der Waals surface area contributed by atoms with Gasteiger partial charge < -0.3 is 14.6 Å². The van der Waals surface area contributed by atoms with Gasteiger partial charge in [-0.05, 0) is 54.2 Å². The van der Waals surface area contributed by atoms with Crippen molar-refractivity contribution >= 4 is 22.6 Å². The van der Waals surface area contributed by atoms with E-state index in [0.29, 0.717) is 0 Å². The molecule has 16 heavy (non-hydrogen) atoms. The molecule has 1 N–H and O–H groups in total. The summed E-state index contributed by atoms with van der Waals surface area (Å²) < 4.78 is 6.43. The van der Waals surface area contributed by atoms with Gasteiger partial charge in [-0.1, -0.05) is 13.8 Å². The van der Waals surface area contributed by atoms with Crippen molar-refractivity contribution in [2.45, 2.75) is 26.8 Å². The Morgan fingerprint density at radius 3 is 2.69 bits per heavy atom. The third kappa shape index (κ3) is 5.32. The van der Waals surface area contributed by atoms with Crippen molar-refractivity contribution < 1.29 is 4.42 Å². The molecule has 1 aromatic heterocycles. The highest BCUT2D eigenvalue weighted by atomic mass is 127. The average molecular weight is 336 g/mol. The minimum Gasteiger partial charge on any atom is -0.454 e. The highest BCUT2D eigenvalue weighted by Crippen LogP contribution is 2.09. The molecule has 0 unspecified atom stereocenters. The molecule has 4 heteroatoms. The van der Waals surface area contributed by atoms with E-state index in [-0.39, 0.29) is 0 Å². The maximum Gasteiger partial charge on any atom is 0.164 e. The Labute approximate surface area is 112 Å². The van der Waals surface area contributed by atoms with E-state index >= 15 is 0 Å². The molecule has 0 aromatic carbocycles. The van der Waals surface area contributed by atoms with Crippen LogP contribution in [-0.4, -0.2) is 31.1 Å². The summed E-state index contributed by atoms with van der Waals surface area (Å²) >= 11 is 2.19. The van der Waals surface area contributed by atoms with Gasteiger partial charge in [-0.25, -0.2) is 0 Å². The quantitative estimate of drug-likeness (QED) is 0.585. The average Bonchev–Trinajstić information content (AvgIpc) is 2.69. The van der Waals surface area contributed by atoms with Crippen LogP contribution in [0, 0.1) is 3.77 Å². The smallest absolute Gasteiger partial charge is 0.164 e. The minimum atomic E-state index is 0.826. The minimum absolute atomic E-state index is 0.826. The summed E-state index contributed by atoms with van der Waals surface area (Å²) in [7, 11) is 0. The first-order chi connectivity index (χ1) is 7.76. The summed E-state index contributed by atoms with van der Waals surface area (Å²) in [6, 6.07) is 4.02. The molecule has 0 fully saturated rings. The second-order valence-electron chi connectivity index (χ2n) is 3.82. The first kappa shape index (κ1) is 14.0. The Bertz CT molecular complexity index is 288. The van der Waals surface area contributed by atoms with Crippen LogP contribution < -0.4 is 5.32 Å². The molecule has 0 spiro atoms. The van der Waals surface area contributed by atoms with Crippen molar-refractivity contribution in [3.05, 3.63) is 21.7 Å². The van der Waals surface area contributed by atoms with Crippen molar-refractivity contribution in [3.8, 4) is 0 Å². The molecule has 3 nitrogen and oxygen atoms in total. The molecular weight excluding hydrogens is 315 g/mol. The predicted molar refractivity (Wildman–Crippen MR) is 75.5 cm³/mol. The SMILES string of the molecule is CCCN(CC)CCNCc1ccc(I)o1. The number of nitrogens with zero attached hydrogens (tertiary/aromatic N) is 1. The second kappa shape index (κ2) is 8.08. The van der Waals surface area contributed by atoms with Gasteiger partial charge >= 0.3 is 0 Å². The van der Waals surface area contributed by atoms with Gasteiger partial charge in [0.15, 0.2) is 3.77 Å².